The summed E-state index contributed by atoms with van der Waals surface area (Å²) in [5.41, 5.74) is 2.40. The first-order valence-corrected chi connectivity index (χ1v) is 9.76. The number of nitrogens with zero attached hydrogens (tertiary/aromatic N) is 1. The maximum absolute atomic E-state index is 12.9. The summed E-state index contributed by atoms with van der Waals surface area (Å²) in [5, 5.41) is 3.52. The number of para-hydroxylation sites is 1. The number of methoxy groups -OCH3 is 1. The maximum atomic E-state index is 12.9. The Morgan fingerprint density at radius 2 is 1.81 bits per heavy atom. The fraction of sp³-hybridized carbons (Fsp3) is 0.435. The number of carbonyl (C=O) groups is 1. The largest absolute Gasteiger partial charge is 0.496 e. The fourth-order valence-corrected chi connectivity index (χ4v) is 3.95. The van der Waals surface area contributed by atoms with Gasteiger partial charge in [0.1, 0.15) is 5.75 Å². The van der Waals surface area contributed by atoms with Crippen molar-refractivity contribution in [3.05, 3.63) is 65.7 Å². The van der Waals surface area contributed by atoms with Gasteiger partial charge in [0.05, 0.1) is 7.11 Å². The van der Waals surface area contributed by atoms with E-state index in [0.29, 0.717) is 18.4 Å². The second-order valence-electron chi connectivity index (χ2n) is 7.63. The third-order valence-corrected chi connectivity index (χ3v) is 5.35. The normalized spacial score (nSPS) is 19.3. The smallest absolute Gasteiger partial charge is 0.225 e. The van der Waals surface area contributed by atoms with Gasteiger partial charge in [-0.15, -0.1) is 0 Å². The molecule has 0 saturated carbocycles. The van der Waals surface area contributed by atoms with Crippen LogP contribution in [0.3, 0.4) is 0 Å². The van der Waals surface area contributed by atoms with E-state index in [-0.39, 0.29) is 11.8 Å². The number of nitrogens with one attached hydrogen (secondary N) is 1. The van der Waals surface area contributed by atoms with E-state index in [1.165, 1.54) is 11.1 Å². The van der Waals surface area contributed by atoms with Crippen molar-refractivity contribution in [3.8, 4) is 5.75 Å². The van der Waals surface area contributed by atoms with Gasteiger partial charge in [-0.05, 0) is 23.1 Å². The van der Waals surface area contributed by atoms with Gasteiger partial charge in [0.25, 0.3) is 0 Å². The Bertz CT molecular complexity index is 745. The zero-order chi connectivity index (χ0) is 19.2. The molecular weight excluding hydrogens is 336 g/mol. The van der Waals surface area contributed by atoms with Gasteiger partial charge in [-0.2, -0.15) is 0 Å². The first-order chi connectivity index (χ1) is 13.1. The number of benzene rings is 2. The molecule has 144 valence electrons. The SMILES string of the molecule is COc1ccccc1C1CNCC1CN(Cc1ccccc1)C(=O)C(C)C. The lowest BCUT2D eigenvalue weighted by Gasteiger charge is -2.30. The summed E-state index contributed by atoms with van der Waals surface area (Å²) in [6, 6.07) is 18.5. The molecule has 0 aliphatic carbocycles. The summed E-state index contributed by atoms with van der Waals surface area (Å²) in [4.78, 5) is 14.9. The monoisotopic (exact) mass is 366 g/mol. The van der Waals surface area contributed by atoms with E-state index in [9.17, 15) is 4.79 Å². The Morgan fingerprint density at radius 3 is 2.52 bits per heavy atom. The zero-order valence-corrected chi connectivity index (χ0v) is 16.5. The third kappa shape index (κ3) is 4.69. The van der Waals surface area contributed by atoms with Crippen molar-refractivity contribution in [2.75, 3.05) is 26.7 Å². The Kier molecular flexibility index (Phi) is 6.51. The van der Waals surface area contributed by atoms with Crippen LogP contribution < -0.4 is 10.1 Å². The van der Waals surface area contributed by atoms with Crippen LogP contribution in [0.5, 0.6) is 5.75 Å². The van der Waals surface area contributed by atoms with Gasteiger partial charge in [0.2, 0.25) is 5.91 Å². The lowest BCUT2D eigenvalue weighted by Crippen LogP contribution is -2.39. The van der Waals surface area contributed by atoms with Crippen LogP contribution in [-0.2, 0) is 11.3 Å². The Hall–Kier alpha value is -2.33. The van der Waals surface area contributed by atoms with E-state index in [4.69, 9.17) is 4.74 Å². The summed E-state index contributed by atoms with van der Waals surface area (Å²) in [5.74, 6) is 1.85. The molecule has 1 N–H and O–H groups in total. The van der Waals surface area contributed by atoms with Crippen molar-refractivity contribution in [3.63, 3.8) is 0 Å². The molecule has 1 saturated heterocycles. The van der Waals surface area contributed by atoms with Gasteiger partial charge in [-0.25, -0.2) is 0 Å². The maximum Gasteiger partial charge on any atom is 0.225 e. The highest BCUT2D eigenvalue weighted by atomic mass is 16.5. The number of hydrogen-bond donors (Lipinski definition) is 1. The van der Waals surface area contributed by atoms with E-state index in [0.717, 1.165) is 25.4 Å². The lowest BCUT2D eigenvalue weighted by atomic mass is 9.87. The van der Waals surface area contributed by atoms with E-state index < -0.39 is 0 Å². The highest BCUT2D eigenvalue weighted by Crippen LogP contribution is 2.35. The molecular formula is C23H30N2O2. The van der Waals surface area contributed by atoms with Gasteiger partial charge in [0, 0.05) is 38.0 Å². The van der Waals surface area contributed by atoms with Gasteiger partial charge in [0.15, 0.2) is 0 Å². The molecule has 1 heterocycles. The van der Waals surface area contributed by atoms with Crippen molar-refractivity contribution in [1.82, 2.24) is 10.2 Å². The van der Waals surface area contributed by atoms with Crippen LogP contribution in [-0.4, -0.2) is 37.6 Å². The van der Waals surface area contributed by atoms with E-state index >= 15 is 0 Å². The van der Waals surface area contributed by atoms with Gasteiger partial charge in [-0.3, -0.25) is 4.79 Å². The minimum atomic E-state index is -0.00668. The molecule has 2 aromatic rings. The van der Waals surface area contributed by atoms with Crippen LogP contribution in [0.15, 0.2) is 54.6 Å². The van der Waals surface area contributed by atoms with E-state index in [2.05, 4.69) is 29.6 Å². The zero-order valence-electron chi connectivity index (χ0n) is 16.5. The summed E-state index contributed by atoms with van der Waals surface area (Å²) in [6.07, 6.45) is 0. The topological polar surface area (TPSA) is 41.6 Å². The highest BCUT2D eigenvalue weighted by Gasteiger charge is 2.33. The molecule has 0 radical (unpaired) electrons. The summed E-state index contributed by atoms with van der Waals surface area (Å²) in [7, 11) is 1.72. The van der Waals surface area contributed by atoms with Crippen LogP contribution in [0, 0.1) is 11.8 Å². The molecule has 2 atom stereocenters. The van der Waals surface area contributed by atoms with Gasteiger partial charge in [-0.1, -0.05) is 62.4 Å². The molecule has 1 fully saturated rings. The number of amides is 1. The quantitative estimate of drug-likeness (QED) is 0.813. The summed E-state index contributed by atoms with van der Waals surface area (Å²) in [6.45, 7) is 7.20. The number of carbonyl (C=O) groups excluding carboxylic acids is 1. The van der Waals surface area contributed by atoms with Crippen LogP contribution >= 0.6 is 0 Å². The summed E-state index contributed by atoms with van der Waals surface area (Å²) < 4.78 is 5.58. The Balaban J connectivity index is 1.80. The molecule has 1 amide bonds. The summed E-state index contributed by atoms with van der Waals surface area (Å²) >= 11 is 0. The molecule has 3 rings (SSSR count). The average Bonchev–Trinajstić information content (AvgIpc) is 3.15. The minimum absolute atomic E-state index is 0.00668. The lowest BCUT2D eigenvalue weighted by molar-refractivity contribution is -0.135. The number of hydrogen-bond acceptors (Lipinski definition) is 3. The van der Waals surface area contributed by atoms with Crippen molar-refractivity contribution >= 4 is 5.91 Å². The molecule has 0 spiro atoms. The molecule has 1 aliphatic rings. The van der Waals surface area contributed by atoms with Crippen LogP contribution in [0.2, 0.25) is 0 Å². The van der Waals surface area contributed by atoms with Crippen LogP contribution in [0.1, 0.15) is 30.9 Å². The standard InChI is InChI=1S/C23H30N2O2/c1-17(2)23(26)25(15-18-9-5-4-6-10-18)16-19-13-24-14-21(19)20-11-7-8-12-22(20)27-3/h4-12,17,19,21,24H,13-16H2,1-3H3. The molecule has 4 nitrogen and oxygen atoms in total. The predicted molar refractivity (Wildman–Crippen MR) is 109 cm³/mol. The molecule has 27 heavy (non-hydrogen) atoms. The number of rotatable bonds is 7. The first-order valence-electron chi connectivity index (χ1n) is 9.76. The molecule has 0 bridgehead atoms. The molecule has 1 aliphatic heterocycles. The molecule has 4 heteroatoms. The van der Waals surface area contributed by atoms with Crippen molar-refractivity contribution in [1.29, 1.82) is 0 Å². The van der Waals surface area contributed by atoms with Crippen LogP contribution in [0.25, 0.3) is 0 Å². The third-order valence-electron chi connectivity index (χ3n) is 5.35. The Morgan fingerprint density at radius 1 is 1.11 bits per heavy atom. The number of ether oxygens (including phenoxy) is 1. The Labute approximate surface area is 162 Å². The van der Waals surface area contributed by atoms with Crippen molar-refractivity contribution < 1.29 is 9.53 Å². The second kappa shape index (κ2) is 9.05. The van der Waals surface area contributed by atoms with Crippen LogP contribution in [0.4, 0.5) is 0 Å². The minimum Gasteiger partial charge on any atom is -0.496 e. The molecule has 2 unspecified atom stereocenters. The predicted octanol–water partition coefficient (Wildman–Crippen LogP) is 3.68. The first kappa shape index (κ1) is 19.4. The second-order valence-corrected chi connectivity index (χ2v) is 7.63. The van der Waals surface area contributed by atoms with E-state index in [1.54, 1.807) is 7.11 Å². The van der Waals surface area contributed by atoms with Gasteiger partial charge < -0.3 is 15.0 Å². The highest BCUT2D eigenvalue weighted by molar-refractivity contribution is 5.78. The van der Waals surface area contributed by atoms with Crippen molar-refractivity contribution in [2.24, 2.45) is 11.8 Å². The molecule has 0 aromatic heterocycles. The molecule has 2 aromatic carbocycles. The average molecular weight is 367 g/mol. The van der Waals surface area contributed by atoms with E-state index in [1.807, 2.05) is 49.1 Å². The fourth-order valence-electron chi connectivity index (χ4n) is 3.95. The van der Waals surface area contributed by atoms with Gasteiger partial charge >= 0.3 is 0 Å². The van der Waals surface area contributed by atoms with Crippen molar-refractivity contribution in [2.45, 2.75) is 26.3 Å².